The summed E-state index contributed by atoms with van der Waals surface area (Å²) in [6.45, 7) is 0. The number of nitrogens with zero attached hydrogens (tertiary/aromatic N) is 2. The molecule has 0 bridgehead atoms. The molecule has 0 atom stereocenters. The summed E-state index contributed by atoms with van der Waals surface area (Å²) < 4.78 is 23.2. The van der Waals surface area contributed by atoms with Gasteiger partial charge in [-0.2, -0.15) is 0 Å². The van der Waals surface area contributed by atoms with Crippen molar-refractivity contribution in [1.29, 1.82) is 0 Å². The summed E-state index contributed by atoms with van der Waals surface area (Å²) in [7, 11) is 1.32. The molecule has 0 aromatic heterocycles. The van der Waals surface area contributed by atoms with Crippen LogP contribution in [0.4, 0.5) is 10.1 Å². The summed E-state index contributed by atoms with van der Waals surface area (Å²) in [5, 5.41) is 11.1. The Balaban J connectivity index is 1.97. The van der Waals surface area contributed by atoms with Crippen molar-refractivity contribution in [3.8, 4) is 5.75 Å². The normalized spacial score (nSPS) is 15.0. The van der Waals surface area contributed by atoms with Crippen LogP contribution in [0.2, 0.25) is 0 Å². The van der Waals surface area contributed by atoms with Crippen LogP contribution in [0, 0.1) is 15.9 Å². The second-order valence-corrected chi connectivity index (χ2v) is 5.03. The molecule has 2 aromatic rings. The maximum atomic E-state index is 13.3. The number of nitro benzene ring substituents is 1. The van der Waals surface area contributed by atoms with Gasteiger partial charge >= 0.3 is 11.7 Å². The third-order valence-electron chi connectivity index (χ3n) is 3.40. The molecule has 0 spiro atoms. The van der Waals surface area contributed by atoms with Crippen molar-refractivity contribution >= 4 is 23.6 Å². The largest absolute Gasteiger partial charge is 0.490 e. The standard InChI is InChI=1S/C17H11FN2O5/c1-24-15-6-5-10(8-14(15)20(22)23)7-13-17(21)25-16(19-13)11-3-2-4-12(18)9-11/h2-9H,1H3/b13-7-. The number of benzene rings is 2. The molecular formula is C17H11FN2O5. The van der Waals surface area contributed by atoms with Crippen LogP contribution in [0.5, 0.6) is 5.75 Å². The minimum Gasteiger partial charge on any atom is -0.490 e. The predicted octanol–water partition coefficient (Wildman–Crippen LogP) is 3.09. The van der Waals surface area contributed by atoms with Crippen LogP contribution in [0.1, 0.15) is 11.1 Å². The smallest absolute Gasteiger partial charge is 0.363 e. The first-order chi connectivity index (χ1) is 12.0. The molecule has 1 heterocycles. The lowest BCUT2D eigenvalue weighted by molar-refractivity contribution is -0.385. The highest BCUT2D eigenvalue weighted by atomic mass is 19.1. The van der Waals surface area contributed by atoms with Crippen molar-refractivity contribution in [1.82, 2.24) is 0 Å². The number of esters is 1. The molecule has 0 aliphatic carbocycles. The van der Waals surface area contributed by atoms with E-state index in [1.165, 1.54) is 43.5 Å². The molecule has 1 aliphatic heterocycles. The lowest BCUT2D eigenvalue weighted by atomic mass is 10.1. The molecule has 0 saturated heterocycles. The van der Waals surface area contributed by atoms with Gasteiger partial charge in [0.2, 0.25) is 5.90 Å². The first-order valence-corrected chi connectivity index (χ1v) is 7.09. The van der Waals surface area contributed by atoms with Gasteiger partial charge in [0.1, 0.15) is 5.82 Å². The number of nitro groups is 1. The van der Waals surface area contributed by atoms with Gasteiger partial charge in [0, 0.05) is 11.6 Å². The monoisotopic (exact) mass is 342 g/mol. The first kappa shape index (κ1) is 16.3. The van der Waals surface area contributed by atoms with E-state index >= 15 is 0 Å². The van der Waals surface area contributed by atoms with Crippen LogP contribution in [-0.2, 0) is 9.53 Å². The van der Waals surface area contributed by atoms with Gasteiger partial charge in [-0.05, 0) is 35.9 Å². The van der Waals surface area contributed by atoms with E-state index in [1.54, 1.807) is 12.1 Å². The van der Waals surface area contributed by atoms with Gasteiger partial charge in [-0.25, -0.2) is 14.2 Å². The number of hydrogen-bond acceptors (Lipinski definition) is 6. The van der Waals surface area contributed by atoms with Crippen molar-refractivity contribution in [2.75, 3.05) is 7.11 Å². The lowest BCUT2D eigenvalue weighted by Crippen LogP contribution is -2.05. The molecule has 0 unspecified atom stereocenters. The summed E-state index contributed by atoms with van der Waals surface area (Å²) in [4.78, 5) is 26.4. The SMILES string of the molecule is COc1ccc(/C=C2\N=C(c3cccc(F)c3)OC2=O)cc1[N+](=O)[O-]. The number of cyclic esters (lactones) is 1. The third kappa shape index (κ3) is 3.37. The molecule has 0 amide bonds. The third-order valence-corrected chi connectivity index (χ3v) is 3.40. The fourth-order valence-corrected chi connectivity index (χ4v) is 2.25. The second-order valence-electron chi connectivity index (χ2n) is 5.03. The fourth-order valence-electron chi connectivity index (χ4n) is 2.25. The van der Waals surface area contributed by atoms with Gasteiger partial charge in [-0.1, -0.05) is 12.1 Å². The highest BCUT2D eigenvalue weighted by Gasteiger charge is 2.25. The quantitative estimate of drug-likeness (QED) is 0.368. The van der Waals surface area contributed by atoms with E-state index in [9.17, 15) is 19.3 Å². The molecule has 0 fully saturated rings. The maximum Gasteiger partial charge on any atom is 0.363 e. The van der Waals surface area contributed by atoms with Gasteiger partial charge in [0.05, 0.1) is 12.0 Å². The van der Waals surface area contributed by atoms with Crippen molar-refractivity contribution in [3.05, 3.63) is 75.2 Å². The van der Waals surface area contributed by atoms with E-state index in [-0.39, 0.29) is 23.0 Å². The number of carbonyl (C=O) groups excluding carboxylic acids is 1. The van der Waals surface area contributed by atoms with Crippen molar-refractivity contribution < 1.29 is 23.6 Å². The van der Waals surface area contributed by atoms with E-state index in [1.807, 2.05) is 0 Å². The second kappa shape index (κ2) is 6.52. The number of halogens is 1. The first-order valence-electron chi connectivity index (χ1n) is 7.09. The van der Waals surface area contributed by atoms with Gasteiger partial charge in [-0.15, -0.1) is 0 Å². The van der Waals surface area contributed by atoms with Crippen molar-refractivity contribution in [2.24, 2.45) is 4.99 Å². The Bertz CT molecular complexity index is 936. The zero-order valence-electron chi connectivity index (χ0n) is 12.9. The maximum absolute atomic E-state index is 13.3. The van der Waals surface area contributed by atoms with Crippen LogP contribution in [0.3, 0.4) is 0 Å². The molecule has 0 saturated carbocycles. The topological polar surface area (TPSA) is 91.0 Å². The van der Waals surface area contributed by atoms with E-state index < -0.39 is 16.7 Å². The minimum absolute atomic E-state index is 0.0289. The van der Waals surface area contributed by atoms with E-state index in [0.717, 1.165) is 0 Å². The summed E-state index contributed by atoms with van der Waals surface area (Å²) >= 11 is 0. The zero-order chi connectivity index (χ0) is 18.0. The van der Waals surface area contributed by atoms with Crippen molar-refractivity contribution in [2.45, 2.75) is 0 Å². The highest BCUT2D eigenvalue weighted by molar-refractivity contribution is 6.12. The average Bonchev–Trinajstić information content (AvgIpc) is 2.95. The molecule has 25 heavy (non-hydrogen) atoms. The Morgan fingerprint density at radius 3 is 2.76 bits per heavy atom. The van der Waals surface area contributed by atoms with Gasteiger partial charge in [0.15, 0.2) is 11.4 Å². The van der Waals surface area contributed by atoms with E-state index in [0.29, 0.717) is 11.1 Å². The van der Waals surface area contributed by atoms with Crippen LogP contribution < -0.4 is 4.74 Å². The number of aliphatic imine (C=N–C) groups is 1. The molecular weight excluding hydrogens is 331 g/mol. The van der Waals surface area contributed by atoms with E-state index in [4.69, 9.17) is 9.47 Å². The Morgan fingerprint density at radius 2 is 2.08 bits per heavy atom. The van der Waals surface area contributed by atoms with E-state index in [2.05, 4.69) is 4.99 Å². The fraction of sp³-hybridized carbons (Fsp3) is 0.0588. The number of rotatable bonds is 4. The molecule has 3 rings (SSSR count). The Morgan fingerprint density at radius 1 is 1.28 bits per heavy atom. The Labute approximate surface area is 141 Å². The molecule has 0 radical (unpaired) electrons. The molecule has 8 heteroatoms. The molecule has 2 aromatic carbocycles. The molecule has 0 N–H and O–H groups in total. The van der Waals surface area contributed by atoms with Crippen LogP contribution in [0.15, 0.2) is 53.2 Å². The van der Waals surface area contributed by atoms with Gasteiger partial charge in [-0.3, -0.25) is 10.1 Å². The Hall–Kier alpha value is -3.55. The number of carbonyl (C=O) groups is 1. The lowest BCUT2D eigenvalue weighted by Gasteiger charge is -2.02. The summed E-state index contributed by atoms with van der Waals surface area (Å²) in [6.07, 6.45) is 1.35. The highest BCUT2D eigenvalue weighted by Crippen LogP contribution is 2.29. The molecule has 1 aliphatic rings. The summed E-state index contributed by atoms with van der Waals surface area (Å²) in [6, 6.07) is 9.69. The predicted molar refractivity (Wildman–Crippen MR) is 86.7 cm³/mol. The molecule has 126 valence electrons. The summed E-state index contributed by atoms with van der Waals surface area (Å²) in [5.41, 5.74) is 0.414. The number of ether oxygens (including phenoxy) is 2. The average molecular weight is 342 g/mol. The van der Waals surface area contributed by atoms with Crippen LogP contribution in [0.25, 0.3) is 6.08 Å². The van der Waals surface area contributed by atoms with Crippen LogP contribution >= 0.6 is 0 Å². The number of hydrogen-bond donors (Lipinski definition) is 0. The Kier molecular flexibility index (Phi) is 4.25. The van der Waals surface area contributed by atoms with Gasteiger partial charge in [0.25, 0.3) is 0 Å². The number of methoxy groups -OCH3 is 1. The molecule has 7 nitrogen and oxygen atoms in total. The van der Waals surface area contributed by atoms with Crippen molar-refractivity contribution in [3.63, 3.8) is 0 Å². The van der Waals surface area contributed by atoms with Gasteiger partial charge < -0.3 is 9.47 Å². The van der Waals surface area contributed by atoms with Crippen LogP contribution in [-0.4, -0.2) is 23.9 Å². The summed E-state index contributed by atoms with van der Waals surface area (Å²) in [5.74, 6) is -1.14. The zero-order valence-corrected chi connectivity index (χ0v) is 12.9. The minimum atomic E-state index is -0.724.